The molecule has 0 saturated heterocycles. The number of aromatic nitrogens is 4. The molecular formula is C15H14N4O2. The molecule has 0 unspecified atom stereocenters. The Bertz CT molecular complexity index is 668. The van der Waals surface area contributed by atoms with E-state index in [4.69, 9.17) is 9.90 Å². The Morgan fingerprint density at radius 1 is 1.05 bits per heavy atom. The molecule has 1 N–H and O–H groups in total. The Morgan fingerprint density at radius 3 is 2.48 bits per heavy atom. The standard InChI is InChI=1S/C14H12N4.CH2O2/c1-2-6-16-13(3-1)14-17-9-10-18(14)11-12-4-7-15-8-5-12;2-1-3/h1-10H,11H2;1H,(H,2,3). The Hall–Kier alpha value is -3.02. The van der Waals surface area contributed by atoms with Gasteiger partial charge in [0.2, 0.25) is 0 Å². The van der Waals surface area contributed by atoms with Crippen LogP contribution in [0.2, 0.25) is 0 Å². The number of carbonyl (C=O) groups is 1. The second-order valence-corrected chi connectivity index (χ2v) is 4.05. The van der Waals surface area contributed by atoms with Gasteiger partial charge in [0.05, 0.1) is 0 Å². The third-order valence-electron chi connectivity index (χ3n) is 2.71. The maximum Gasteiger partial charge on any atom is 0.290 e. The van der Waals surface area contributed by atoms with E-state index >= 15 is 0 Å². The number of hydrogen-bond donors (Lipinski definition) is 1. The Kier molecular flexibility index (Phi) is 5.17. The second-order valence-electron chi connectivity index (χ2n) is 4.05. The van der Waals surface area contributed by atoms with E-state index in [-0.39, 0.29) is 6.47 Å². The monoisotopic (exact) mass is 282 g/mol. The zero-order valence-electron chi connectivity index (χ0n) is 11.2. The highest BCUT2D eigenvalue weighted by Crippen LogP contribution is 2.15. The third kappa shape index (κ3) is 3.97. The lowest BCUT2D eigenvalue weighted by Crippen LogP contribution is -2.01. The van der Waals surface area contributed by atoms with Gasteiger partial charge in [-0.25, -0.2) is 4.98 Å². The summed E-state index contributed by atoms with van der Waals surface area (Å²) in [5, 5.41) is 6.89. The van der Waals surface area contributed by atoms with Gasteiger partial charge >= 0.3 is 0 Å². The fourth-order valence-corrected chi connectivity index (χ4v) is 1.85. The van der Waals surface area contributed by atoms with Crippen LogP contribution in [-0.2, 0) is 11.3 Å². The van der Waals surface area contributed by atoms with Crippen molar-refractivity contribution in [1.82, 2.24) is 19.5 Å². The molecule has 3 rings (SSSR count). The molecule has 21 heavy (non-hydrogen) atoms. The summed E-state index contributed by atoms with van der Waals surface area (Å²) in [6.07, 6.45) is 9.13. The lowest BCUT2D eigenvalue weighted by atomic mass is 10.2. The van der Waals surface area contributed by atoms with Crippen LogP contribution in [0.5, 0.6) is 0 Å². The number of pyridine rings is 2. The molecule has 6 heteroatoms. The van der Waals surface area contributed by atoms with Gasteiger partial charge in [0.15, 0.2) is 5.82 Å². The number of imidazole rings is 1. The summed E-state index contributed by atoms with van der Waals surface area (Å²) in [5.74, 6) is 0.882. The molecule has 0 spiro atoms. The first-order valence-electron chi connectivity index (χ1n) is 6.24. The molecule has 0 aliphatic carbocycles. The SMILES string of the molecule is O=CO.c1ccc(-c2nccn2Cc2ccncc2)nc1. The summed E-state index contributed by atoms with van der Waals surface area (Å²) in [7, 11) is 0. The van der Waals surface area contributed by atoms with E-state index in [1.165, 1.54) is 5.56 Å². The maximum atomic E-state index is 8.36. The maximum absolute atomic E-state index is 8.36. The van der Waals surface area contributed by atoms with E-state index < -0.39 is 0 Å². The van der Waals surface area contributed by atoms with Crippen molar-refractivity contribution in [2.24, 2.45) is 0 Å². The van der Waals surface area contributed by atoms with Crippen LogP contribution in [0.3, 0.4) is 0 Å². The largest absolute Gasteiger partial charge is 0.483 e. The zero-order valence-corrected chi connectivity index (χ0v) is 11.2. The van der Waals surface area contributed by atoms with Crippen molar-refractivity contribution < 1.29 is 9.90 Å². The van der Waals surface area contributed by atoms with E-state index in [9.17, 15) is 0 Å². The highest BCUT2D eigenvalue weighted by Gasteiger charge is 2.06. The van der Waals surface area contributed by atoms with Gasteiger partial charge in [-0.1, -0.05) is 6.07 Å². The molecule has 0 aliphatic heterocycles. The number of nitrogens with zero attached hydrogens (tertiary/aromatic N) is 4. The van der Waals surface area contributed by atoms with E-state index in [0.29, 0.717) is 0 Å². The highest BCUT2D eigenvalue weighted by atomic mass is 16.3. The van der Waals surface area contributed by atoms with Gasteiger partial charge in [0.1, 0.15) is 5.69 Å². The molecule has 0 amide bonds. The van der Waals surface area contributed by atoms with Gasteiger partial charge in [-0.3, -0.25) is 14.8 Å². The van der Waals surface area contributed by atoms with Crippen molar-refractivity contribution >= 4 is 6.47 Å². The Balaban J connectivity index is 0.000000497. The molecular weight excluding hydrogens is 268 g/mol. The summed E-state index contributed by atoms with van der Waals surface area (Å²) >= 11 is 0. The first kappa shape index (κ1) is 14.4. The van der Waals surface area contributed by atoms with E-state index in [2.05, 4.69) is 19.5 Å². The lowest BCUT2D eigenvalue weighted by molar-refractivity contribution is -0.122. The first-order valence-corrected chi connectivity index (χ1v) is 6.24. The van der Waals surface area contributed by atoms with Crippen LogP contribution in [0.1, 0.15) is 5.56 Å². The minimum absolute atomic E-state index is 0.250. The van der Waals surface area contributed by atoms with E-state index in [1.54, 1.807) is 24.8 Å². The van der Waals surface area contributed by atoms with Crippen LogP contribution in [0.15, 0.2) is 61.3 Å². The number of hydrogen-bond acceptors (Lipinski definition) is 4. The predicted molar refractivity (Wildman–Crippen MR) is 77.5 cm³/mol. The predicted octanol–water partition coefficient (Wildman–Crippen LogP) is 2.09. The average molecular weight is 282 g/mol. The topological polar surface area (TPSA) is 80.9 Å². The molecule has 0 aromatic carbocycles. The van der Waals surface area contributed by atoms with Crippen LogP contribution in [0.4, 0.5) is 0 Å². The molecule has 0 aliphatic rings. The van der Waals surface area contributed by atoms with Crippen LogP contribution >= 0.6 is 0 Å². The van der Waals surface area contributed by atoms with Crippen LogP contribution in [-0.4, -0.2) is 31.1 Å². The normalized spacial score (nSPS) is 9.52. The van der Waals surface area contributed by atoms with E-state index in [1.807, 2.05) is 36.5 Å². The van der Waals surface area contributed by atoms with Gasteiger partial charge < -0.3 is 9.67 Å². The molecule has 0 fully saturated rings. The highest BCUT2D eigenvalue weighted by molar-refractivity contribution is 5.49. The molecule has 0 radical (unpaired) electrons. The van der Waals surface area contributed by atoms with Crippen LogP contribution < -0.4 is 0 Å². The Morgan fingerprint density at radius 2 is 1.81 bits per heavy atom. The van der Waals surface area contributed by atoms with Gasteiger partial charge in [-0.2, -0.15) is 0 Å². The minimum Gasteiger partial charge on any atom is -0.483 e. The first-order chi connectivity index (χ1) is 10.3. The minimum atomic E-state index is -0.250. The fraction of sp³-hybridized carbons (Fsp3) is 0.0667. The quantitative estimate of drug-likeness (QED) is 0.744. The average Bonchev–Trinajstić information content (AvgIpc) is 2.98. The van der Waals surface area contributed by atoms with E-state index in [0.717, 1.165) is 18.1 Å². The molecule has 3 heterocycles. The van der Waals surface area contributed by atoms with Crippen LogP contribution in [0, 0.1) is 0 Å². The van der Waals surface area contributed by atoms with Crippen molar-refractivity contribution in [1.29, 1.82) is 0 Å². The molecule has 3 aromatic rings. The van der Waals surface area contributed by atoms with Gasteiger partial charge in [0, 0.05) is 37.5 Å². The summed E-state index contributed by atoms with van der Waals surface area (Å²) in [6, 6.07) is 9.84. The fourth-order valence-electron chi connectivity index (χ4n) is 1.85. The summed E-state index contributed by atoms with van der Waals surface area (Å²) < 4.78 is 2.08. The van der Waals surface area contributed by atoms with Crippen molar-refractivity contribution in [3.63, 3.8) is 0 Å². The van der Waals surface area contributed by atoms with Gasteiger partial charge in [0.25, 0.3) is 6.47 Å². The summed E-state index contributed by atoms with van der Waals surface area (Å²) in [6.45, 7) is 0.522. The molecule has 3 aromatic heterocycles. The van der Waals surface area contributed by atoms with Gasteiger partial charge in [-0.05, 0) is 29.8 Å². The smallest absolute Gasteiger partial charge is 0.290 e. The third-order valence-corrected chi connectivity index (χ3v) is 2.71. The summed E-state index contributed by atoms with van der Waals surface area (Å²) in [5.41, 5.74) is 2.08. The van der Waals surface area contributed by atoms with Crippen molar-refractivity contribution in [2.45, 2.75) is 6.54 Å². The summed E-state index contributed by atoms with van der Waals surface area (Å²) in [4.78, 5) is 21.1. The molecule has 0 bridgehead atoms. The van der Waals surface area contributed by atoms with Crippen molar-refractivity contribution in [3.8, 4) is 11.5 Å². The number of rotatable bonds is 3. The van der Waals surface area contributed by atoms with Crippen molar-refractivity contribution in [3.05, 3.63) is 66.9 Å². The van der Waals surface area contributed by atoms with Crippen LogP contribution in [0.25, 0.3) is 11.5 Å². The molecule has 106 valence electrons. The molecule has 0 saturated carbocycles. The molecule has 6 nitrogen and oxygen atoms in total. The zero-order chi connectivity index (χ0) is 14.9. The second kappa shape index (κ2) is 7.54. The lowest BCUT2D eigenvalue weighted by Gasteiger charge is -2.07. The van der Waals surface area contributed by atoms with Crippen molar-refractivity contribution in [2.75, 3.05) is 0 Å². The Labute approximate surface area is 121 Å². The molecule has 0 atom stereocenters. The van der Waals surface area contributed by atoms with Gasteiger partial charge in [-0.15, -0.1) is 0 Å². The number of carboxylic acid groups (broad SMARTS) is 1.